The first-order valence-corrected chi connectivity index (χ1v) is 7.56. The molecule has 1 saturated carbocycles. The summed E-state index contributed by atoms with van der Waals surface area (Å²) in [6.07, 6.45) is 3.13. The Morgan fingerprint density at radius 3 is 3.00 bits per heavy atom. The van der Waals surface area contributed by atoms with Crippen LogP contribution in [0, 0.1) is 11.8 Å². The highest BCUT2D eigenvalue weighted by Crippen LogP contribution is 2.37. The Morgan fingerprint density at radius 2 is 2.32 bits per heavy atom. The molecule has 6 heteroatoms. The summed E-state index contributed by atoms with van der Waals surface area (Å²) < 4.78 is 0. The second-order valence-corrected chi connectivity index (χ2v) is 6.21. The predicted molar refractivity (Wildman–Crippen MR) is 78.8 cm³/mol. The summed E-state index contributed by atoms with van der Waals surface area (Å²) in [6, 6.07) is 0.292. The fourth-order valence-electron chi connectivity index (χ4n) is 3.31. The maximum atomic E-state index is 12.5. The van der Waals surface area contributed by atoms with Gasteiger partial charge in [-0.15, -0.1) is 23.7 Å². The van der Waals surface area contributed by atoms with Crippen molar-refractivity contribution in [2.24, 2.45) is 17.6 Å². The third-order valence-electron chi connectivity index (χ3n) is 4.37. The number of hydrogen-bond acceptors (Lipinski definition) is 4. The zero-order valence-electron chi connectivity index (χ0n) is 11.0. The fraction of sp³-hybridized carbons (Fsp3) is 0.692. The van der Waals surface area contributed by atoms with E-state index in [0.29, 0.717) is 17.9 Å². The molecule has 3 unspecified atom stereocenters. The van der Waals surface area contributed by atoms with Gasteiger partial charge in [-0.25, -0.2) is 4.98 Å². The molecule has 4 nitrogen and oxygen atoms in total. The van der Waals surface area contributed by atoms with Crippen LogP contribution in [-0.4, -0.2) is 34.9 Å². The van der Waals surface area contributed by atoms with E-state index in [0.717, 1.165) is 36.5 Å². The highest BCUT2D eigenvalue weighted by molar-refractivity contribution is 7.11. The molecule has 2 aliphatic rings. The van der Waals surface area contributed by atoms with Crippen molar-refractivity contribution in [1.29, 1.82) is 0 Å². The standard InChI is InChI=1S/C13H19N3OS.ClH/c1-2-11-12(18-7-15-11)13(17)16-5-8-3-4-10(14)9(8)6-16;/h7-10H,2-6,14H2,1H3;1H. The van der Waals surface area contributed by atoms with Crippen LogP contribution in [0.25, 0.3) is 0 Å². The van der Waals surface area contributed by atoms with Crippen molar-refractivity contribution in [3.63, 3.8) is 0 Å². The van der Waals surface area contributed by atoms with Crippen LogP contribution in [0.3, 0.4) is 0 Å². The second-order valence-electron chi connectivity index (χ2n) is 5.36. The summed E-state index contributed by atoms with van der Waals surface area (Å²) in [5.74, 6) is 1.31. The third-order valence-corrected chi connectivity index (χ3v) is 5.23. The van der Waals surface area contributed by atoms with E-state index in [2.05, 4.69) is 4.98 Å². The molecule has 1 saturated heterocycles. The molecular formula is C13H20ClN3OS. The van der Waals surface area contributed by atoms with Crippen molar-refractivity contribution in [2.75, 3.05) is 13.1 Å². The monoisotopic (exact) mass is 301 g/mol. The minimum Gasteiger partial charge on any atom is -0.337 e. The number of nitrogens with two attached hydrogens (primary N) is 1. The number of carbonyl (C=O) groups excluding carboxylic acids is 1. The number of carbonyl (C=O) groups is 1. The van der Waals surface area contributed by atoms with Crippen LogP contribution in [-0.2, 0) is 6.42 Å². The lowest BCUT2D eigenvalue weighted by Crippen LogP contribution is -2.33. The Balaban J connectivity index is 0.00000133. The normalized spacial score (nSPS) is 29.2. The first kappa shape index (κ1) is 14.8. The molecule has 1 amide bonds. The van der Waals surface area contributed by atoms with E-state index >= 15 is 0 Å². The number of fused-ring (bicyclic) bond motifs is 1. The van der Waals surface area contributed by atoms with Gasteiger partial charge < -0.3 is 10.6 Å². The lowest BCUT2D eigenvalue weighted by Gasteiger charge is -2.18. The molecule has 2 heterocycles. The summed E-state index contributed by atoms with van der Waals surface area (Å²) in [4.78, 5) is 19.6. The summed E-state index contributed by atoms with van der Waals surface area (Å²) in [5, 5.41) is 0. The predicted octanol–water partition coefficient (Wildman–Crippen LogP) is 1.94. The molecule has 1 aliphatic carbocycles. The van der Waals surface area contributed by atoms with Gasteiger partial charge in [0.1, 0.15) is 4.88 Å². The van der Waals surface area contributed by atoms with Crippen LogP contribution >= 0.6 is 23.7 Å². The number of nitrogens with zero attached hydrogens (tertiary/aromatic N) is 2. The number of rotatable bonds is 2. The summed E-state index contributed by atoms with van der Waals surface area (Å²) in [7, 11) is 0. The zero-order valence-corrected chi connectivity index (χ0v) is 12.7. The van der Waals surface area contributed by atoms with E-state index in [1.807, 2.05) is 11.8 Å². The molecule has 2 N–H and O–H groups in total. The maximum absolute atomic E-state index is 12.5. The molecule has 0 radical (unpaired) electrons. The third kappa shape index (κ3) is 2.51. The van der Waals surface area contributed by atoms with Crippen LogP contribution in [0.1, 0.15) is 35.1 Å². The Morgan fingerprint density at radius 1 is 1.53 bits per heavy atom. The minimum absolute atomic E-state index is 0. The van der Waals surface area contributed by atoms with Crippen LogP contribution in [0.15, 0.2) is 5.51 Å². The quantitative estimate of drug-likeness (QED) is 0.908. The van der Waals surface area contributed by atoms with Crippen molar-refractivity contribution in [3.05, 3.63) is 16.1 Å². The Kier molecular flexibility index (Phi) is 4.48. The Hall–Kier alpha value is -0.650. The molecule has 1 aliphatic heterocycles. The molecule has 0 bridgehead atoms. The number of halogens is 1. The molecule has 1 aromatic heterocycles. The fourth-order valence-corrected chi connectivity index (χ4v) is 4.16. The van der Waals surface area contributed by atoms with E-state index in [1.165, 1.54) is 17.8 Å². The van der Waals surface area contributed by atoms with Crippen LogP contribution in [0.5, 0.6) is 0 Å². The SMILES string of the molecule is CCc1ncsc1C(=O)N1CC2CCC(N)C2C1.Cl. The van der Waals surface area contributed by atoms with Crippen molar-refractivity contribution in [1.82, 2.24) is 9.88 Å². The van der Waals surface area contributed by atoms with Crippen LogP contribution in [0.4, 0.5) is 0 Å². The number of likely N-dealkylation sites (tertiary alicyclic amines) is 1. The first-order chi connectivity index (χ1) is 8.70. The maximum Gasteiger partial charge on any atom is 0.265 e. The molecule has 3 rings (SSSR count). The van der Waals surface area contributed by atoms with Gasteiger partial charge in [-0.1, -0.05) is 6.92 Å². The summed E-state index contributed by atoms with van der Waals surface area (Å²) in [5.41, 5.74) is 8.82. The minimum atomic E-state index is 0. The molecule has 0 aromatic carbocycles. The molecular weight excluding hydrogens is 282 g/mol. The molecule has 19 heavy (non-hydrogen) atoms. The lowest BCUT2D eigenvalue weighted by molar-refractivity contribution is 0.0783. The average molecular weight is 302 g/mol. The number of amides is 1. The number of aryl methyl sites for hydroxylation is 1. The average Bonchev–Trinajstić information content (AvgIpc) is 3.05. The number of thiazole rings is 1. The van der Waals surface area contributed by atoms with Crippen molar-refractivity contribution >= 4 is 29.7 Å². The van der Waals surface area contributed by atoms with Gasteiger partial charge >= 0.3 is 0 Å². The van der Waals surface area contributed by atoms with Crippen LogP contribution < -0.4 is 5.73 Å². The van der Waals surface area contributed by atoms with Gasteiger partial charge in [0.2, 0.25) is 0 Å². The second kappa shape index (κ2) is 5.77. The van der Waals surface area contributed by atoms with Gasteiger partial charge in [-0.2, -0.15) is 0 Å². The van der Waals surface area contributed by atoms with Crippen molar-refractivity contribution < 1.29 is 4.79 Å². The smallest absolute Gasteiger partial charge is 0.265 e. The van der Waals surface area contributed by atoms with Gasteiger partial charge in [0, 0.05) is 19.1 Å². The number of aromatic nitrogens is 1. The highest BCUT2D eigenvalue weighted by Gasteiger charge is 2.43. The van der Waals surface area contributed by atoms with Gasteiger partial charge in [0.25, 0.3) is 5.91 Å². The van der Waals surface area contributed by atoms with Crippen molar-refractivity contribution in [3.8, 4) is 0 Å². The Labute approximate surface area is 123 Å². The Bertz CT molecular complexity index is 464. The number of hydrogen-bond donors (Lipinski definition) is 1. The van der Waals surface area contributed by atoms with E-state index in [1.54, 1.807) is 5.51 Å². The lowest BCUT2D eigenvalue weighted by atomic mass is 9.98. The van der Waals surface area contributed by atoms with Crippen molar-refractivity contribution in [2.45, 2.75) is 32.2 Å². The topological polar surface area (TPSA) is 59.2 Å². The summed E-state index contributed by atoms with van der Waals surface area (Å²) in [6.45, 7) is 3.77. The highest BCUT2D eigenvalue weighted by atomic mass is 35.5. The van der Waals surface area contributed by atoms with Crippen LogP contribution in [0.2, 0.25) is 0 Å². The molecule has 2 fully saturated rings. The molecule has 0 spiro atoms. The van der Waals surface area contributed by atoms with Gasteiger partial charge in [-0.05, 0) is 31.1 Å². The molecule has 1 aromatic rings. The summed E-state index contributed by atoms with van der Waals surface area (Å²) >= 11 is 1.46. The largest absolute Gasteiger partial charge is 0.337 e. The van der Waals surface area contributed by atoms with E-state index in [4.69, 9.17) is 5.73 Å². The zero-order chi connectivity index (χ0) is 12.7. The van der Waals surface area contributed by atoms with E-state index in [-0.39, 0.29) is 18.3 Å². The van der Waals surface area contributed by atoms with E-state index in [9.17, 15) is 4.79 Å². The molecule has 106 valence electrons. The van der Waals surface area contributed by atoms with Gasteiger partial charge in [0.15, 0.2) is 0 Å². The van der Waals surface area contributed by atoms with Gasteiger partial charge in [0.05, 0.1) is 11.2 Å². The van der Waals surface area contributed by atoms with E-state index < -0.39 is 0 Å². The van der Waals surface area contributed by atoms with Gasteiger partial charge in [-0.3, -0.25) is 4.79 Å². The first-order valence-electron chi connectivity index (χ1n) is 6.68. The molecule has 3 atom stereocenters.